The summed E-state index contributed by atoms with van der Waals surface area (Å²) in [4.78, 5) is 9.95. The van der Waals surface area contributed by atoms with E-state index in [1.54, 1.807) is 0 Å². The van der Waals surface area contributed by atoms with Crippen molar-refractivity contribution in [3.63, 3.8) is 0 Å². The van der Waals surface area contributed by atoms with Crippen LogP contribution in [0.4, 0.5) is 0 Å². The molecule has 86 valence electrons. The Morgan fingerprint density at radius 2 is 2.27 bits per heavy atom. The van der Waals surface area contributed by atoms with E-state index < -0.39 is 5.97 Å². The summed E-state index contributed by atoms with van der Waals surface area (Å²) in [5, 5.41) is 18.0. The molecular weight excluding hydrogens is 220 g/mol. The standard InChI is InChI=1S/C5H11Cl.C3H4N4O2/c1-2-3-4-5-6;8-3(9)1-7-2-4-5-6-7/h2-5H2,1H3;2H,1H2,(H,8,9). The molecule has 1 rings (SSSR count). The second-order valence-electron chi connectivity index (χ2n) is 2.80. The molecule has 0 saturated heterocycles. The third-order valence-electron chi connectivity index (χ3n) is 1.43. The van der Waals surface area contributed by atoms with Crippen molar-refractivity contribution in [2.24, 2.45) is 0 Å². The van der Waals surface area contributed by atoms with Crippen molar-refractivity contribution < 1.29 is 9.90 Å². The molecule has 15 heavy (non-hydrogen) atoms. The Bertz CT molecular complexity index is 249. The first-order chi connectivity index (χ1) is 7.20. The number of hydrogen-bond donors (Lipinski definition) is 1. The summed E-state index contributed by atoms with van der Waals surface area (Å²) in [6.45, 7) is 1.99. The summed E-state index contributed by atoms with van der Waals surface area (Å²) >= 11 is 5.38. The van der Waals surface area contributed by atoms with Gasteiger partial charge in [-0.3, -0.25) is 4.79 Å². The molecule has 0 aliphatic rings. The van der Waals surface area contributed by atoms with Gasteiger partial charge in [-0.1, -0.05) is 19.8 Å². The number of aliphatic carboxylic acids is 1. The summed E-state index contributed by atoms with van der Waals surface area (Å²) in [5.41, 5.74) is 0. The number of carboxylic acids is 1. The summed E-state index contributed by atoms with van der Waals surface area (Å²) < 4.78 is 1.13. The van der Waals surface area contributed by atoms with E-state index in [9.17, 15) is 4.79 Å². The van der Waals surface area contributed by atoms with Crippen LogP contribution in [0.3, 0.4) is 0 Å². The first kappa shape index (κ1) is 13.8. The van der Waals surface area contributed by atoms with Gasteiger partial charge < -0.3 is 5.11 Å². The molecule has 0 aliphatic carbocycles. The van der Waals surface area contributed by atoms with Crippen molar-refractivity contribution in [2.75, 3.05) is 5.88 Å². The molecule has 0 aliphatic heterocycles. The van der Waals surface area contributed by atoms with Gasteiger partial charge in [0.1, 0.15) is 12.9 Å². The number of halogens is 1. The second-order valence-corrected chi connectivity index (χ2v) is 3.18. The van der Waals surface area contributed by atoms with E-state index >= 15 is 0 Å². The highest BCUT2D eigenvalue weighted by atomic mass is 35.5. The Morgan fingerprint density at radius 3 is 2.60 bits per heavy atom. The van der Waals surface area contributed by atoms with Crippen LogP contribution in [0.15, 0.2) is 6.33 Å². The fourth-order valence-corrected chi connectivity index (χ4v) is 0.925. The number of carboxylic acid groups (broad SMARTS) is 1. The smallest absolute Gasteiger partial charge is 0.325 e. The fraction of sp³-hybridized carbons (Fsp3) is 0.750. The molecule has 0 bridgehead atoms. The molecule has 1 aromatic rings. The van der Waals surface area contributed by atoms with E-state index in [0.717, 1.165) is 10.6 Å². The highest BCUT2D eigenvalue weighted by Crippen LogP contribution is 1.93. The third-order valence-corrected chi connectivity index (χ3v) is 1.69. The maximum atomic E-state index is 9.95. The number of nitrogens with zero attached hydrogens (tertiary/aromatic N) is 4. The first-order valence-electron chi connectivity index (χ1n) is 4.69. The monoisotopic (exact) mass is 234 g/mol. The van der Waals surface area contributed by atoms with Gasteiger partial charge in [-0.2, -0.15) is 0 Å². The quantitative estimate of drug-likeness (QED) is 0.611. The minimum atomic E-state index is -0.956. The van der Waals surface area contributed by atoms with Crippen molar-refractivity contribution in [2.45, 2.75) is 32.7 Å². The van der Waals surface area contributed by atoms with Gasteiger partial charge in [-0.25, -0.2) is 4.68 Å². The van der Waals surface area contributed by atoms with Crippen molar-refractivity contribution in [3.05, 3.63) is 6.33 Å². The van der Waals surface area contributed by atoms with Gasteiger partial charge in [0.25, 0.3) is 0 Å². The fourth-order valence-electron chi connectivity index (χ4n) is 0.736. The number of alkyl halides is 1. The second kappa shape index (κ2) is 9.39. The van der Waals surface area contributed by atoms with Crippen LogP contribution in [0.2, 0.25) is 0 Å². The van der Waals surface area contributed by atoms with Gasteiger partial charge in [-0.05, 0) is 16.8 Å². The Balaban J connectivity index is 0.000000288. The predicted molar refractivity (Wildman–Crippen MR) is 55.7 cm³/mol. The number of carbonyl (C=O) groups is 1. The summed E-state index contributed by atoms with van der Waals surface area (Å²) in [5.74, 6) is -0.129. The minimum Gasteiger partial charge on any atom is -0.480 e. The zero-order chi connectivity index (χ0) is 11.5. The first-order valence-corrected chi connectivity index (χ1v) is 5.22. The van der Waals surface area contributed by atoms with Gasteiger partial charge >= 0.3 is 5.97 Å². The highest BCUT2D eigenvalue weighted by molar-refractivity contribution is 6.17. The molecule has 6 nitrogen and oxygen atoms in total. The van der Waals surface area contributed by atoms with Crippen LogP contribution in [0.1, 0.15) is 26.2 Å². The van der Waals surface area contributed by atoms with Gasteiger partial charge in [0.15, 0.2) is 0 Å². The van der Waals surface area contributed by atoms with E-state index in [-0.39, 0.29) is 6.54 Å². The van der Waals surface area contributed by atoms with E-state index in [4.69, 9.17) is 16.7 Å². The molecule has 1 aromatic heterocycles. The SMILES string of the molecule is CCCCCCl.O=C(O)Cn1cnnn1. The molecule has 0 unspecified atom stereocenters. The minimum absolute atomic E-state index is 0.188. The van der Waals surface area contributed by atoms with E-state index in [2.05, 4.69) is 22.4 Å². The maximum Gasteiger partial charge on any atom is 0.325 e. The summed E-state index contributed by atoms with van der Waals surface area (Å²) in [6.07, 6.45) is 4.97. The molecule has 0 radical (unpaired) electrons. The molecule has 0 saturated carbocycles. The van der Waals surface area contributed by atoms with E-state index in [0.29, 0.717) is 0 Å². The molecule has 1 heterocycles. The average Bonchev–Trinajstić information content (AvgIpc) is 2.67. The molecule has 0 amide bonds. The molecule has 0 atom stereocenters. The lowest BCUT2D eigenvalue weighted by Crippen LogP contribution is -2.08. The largest absolute Gasteiger partial charge is 0.480 e. The zero-order valence-electron chi connectivity index (χ0n) is 8.64. The van der Waals surface area contributed by atoms with Gasteiger partial charge in [-0.15, -0.1) is 16.7 Å². The lowest BCUT2D eigenvalue weighted by Gasteiger charge is -1.88. The van der Waals surface area contributed by atoms with Crippen molar-refractivity contribution in [3.8, 4) is 0 Å². The van der Waals surface area contributed by atoms with Crippen molar-refractivity contribution >= 4 is 17.6 Å². The van der Waals surface area contributed by atoms with Crippen LogP contribution in [0, 0.1) is 0 Å². The van der Waals surface area contributed by atoms with Crippen LogP contribution in [-0.4, -0.2) is 37.2 Å². The highest BCUT2D eigenvalue weighted by Gasteiger charge is 1.97. The lowest BCUT2D eigenvalue weighted by atomic mass is 10.3. The van der Waals surface area contributed by atoms with E-state index in [1.165, 1.54) is 25.6 Å². The van der Waals surface area contributed by atoms with Crippen LogP contribution in [-0.2, 0) is 11.3 Å². The van der Waals surface area contributed by atoms with Gasteiger partial charge in [0, 0.05) is 5.88 Å². The Morgan fingerprint density at radius 1 is 1.53 bits per heavy atom. The molecular formula is C8H15ClN4O2. The number of hydrogen-bond acceptors (Lipinski definition) is 4. The van der Waals surface area contributed by atoms with Gasteiger partial charge in [0.2, 0.25) is 0 Å². The molecule has 0 aromatic carbocycles. The van der Waals surface area contributed by atoms with E-state index in [1.807, 2.05) is 0 Å². The third kappa shape index (κ3) is 9.14. The Hall–Kier alpha value is -1.17. The average molecular weight is 235 g/mol. The van der Waals surface area contributed by atoms with Crippen LogP contribution < -0.4 is 0 Å². The summed E-state index contributed by atoms with van der Waals surface area (Å²) in [6, 6.07) is 0. The molecule has 7 heteroatoms. The number of aromatic nitrogens is 4. The Kier molecular flexibility index (Phi) is 8.66. The van der Waals surface area contributed by atoms with Gasteiger partial charge in [0.05, 0.1) is 0 Å². The molecule has 1 N–H and O–H groups in total. The predicted octanol–water partition coefficient (Wildman–Crippen LogP) is 1.17. The number of tetrazole rings is 1. The van der Waals surface area contributed by atoms with Crippen molar-refractivity contribution in [1.82, 2.24) is 20.2 Å². The number of unbranched alkanes of at least 4 members (excludes halogenated alkanes) is 2. The zero-order valence-corrected chi connectivity index (χ0v) is 9.39. The molecule has 0 fully saturated rings. The molecule has 0 spiro atoms. The summed E-state index contributed by atoms with van der Waals surface area (Å²) in [7, 11) is 0. The number of rotatable bonds is 5. The van der Waals surface area contributed by atoms with Crippen molar-refractivity contribution in [1.29, 1.82) is 0 Å². The van der Waals surface area contributed by atoms with Crippen LogP contribution in [0.25, 0.3) is 0 Å². The lowest BCUT2D eigenvalue weighted by molar-refractivity contribution is -0.137. The van der Waals surface area contributed by atoms with Crippen LogP contribution in [0.5, 0.6) is 0 Å². The normalized spacial score (nSPS) is 9.20. The Labute approximate surface area is 93.2 Å². The topological polar surface area (TPSA) is 80.9 Å². The maximum absolute atomic E-state index is 9.95. The van der Waals surface area contributed by atoms with Crippen LogP contribution >= 0.6 is 11.6 Å².